The SMILES string of the molecule is CC(=O)c1cn(C(C)=O)c(=O)nc1N(C(C)=O)C(C)=O. The van der Waals surface area contributed by atoms with E-state index in [4.69, 9.17) is 0 Å². The topological polar surface area (TPSA) is 106 Å². The molecule has 1 rings (SSSR count). The molecular weight excluding hydrogens is 266 g/mol. The molecule has 0 aliphatic heterocycles. The van der Waals surface area contributed by atoms with Gasteiger partial charge in [-0.05, 0) is 6.92 Å². The lowest BCUT2D eigenvalue weighted by Crippen LogP contribution is -2.38. The van der Waals surface area contributed by atoms with Crippen molar-refractivity contribution in [3.8, 4) is 0 Å². The first-order valence-electron chi connectivity index (χ1n) is 5.63. The highest BCUT2D eigenvalue weighted by atomic mass is 16.2. The number of hydrogen-bond acceptors (Lipinski definition) is 6. The minimum atomic E-state index is -0.968. The number of hydrogen-bond donors (Lipinski definition) is 0. The van der Waals surface area contributed by atoms with Gasteiger partial charge in [-0.1, -0.05) is 0 Å². The zero-order valence-corrected chi connectivity index (χ0v) is 11.5. The van der Waals surface area contributed by atoms with E-state index in [1.807, 2.05) is 0 Å². The molecule has 106 valence electrons. The van der Waals surface area contributed by atoms with Crippen molar-refractivity contribution < 1.29 is 19.2 Å². The maximum Gasteiger partial charge on any atom is 0.356 e. The number of Topliss-reactive ketones (excluding diaryl/α,β-unsaturated/α-hetero) is 1. The first-order valence-corrected chi connectivity index (χ1v) is 5.63. The van der Waals surface area contributed by atoms with Crippen molar-refractivity contribution in [3.63, 3.8) is 0 Å². The Labute approximate surface area is 114 Å². The molecule has 0 aromatic carbocycles. The van der Waals surface area contributed by atoms with E-state index in [1.165, 1.54) is 6.92 Å². The maximum atomic E-state index is 11.7. The van der Waals surface area contributed by atoms with Crippen LogP contribution < -0.4 is 10.6 Å². The first kappa shape index (κ1) is 15.4. The Hall–Kier alpha value is -2.64. The van der Waals surface area contributed by atoms with Gasteiger partial charge >= 0.3 is 5.69 Å². The third-order valence-corrected chi connectivity index (χ3v) is 2.47. The van der Waals surface area contributed by atoms with Crippen LogP contribution in [-0.4, -0.2) is 33.1 Å². The van der Waals surface area contributed by atoms with E-state index in [0.717, 1.165) is 27.0 Å². The Morgan fingerprint density at radius 1 is 1.05 bits per heavy atom. The summed E-state index contributed by atoms with van der Waals surface area (Å²) in [6, 6.07) is 0. The van der Waals surface area contributed by atoms with Gasteiger partial charge in [-0.3, -0.25) is 19.2 Å². The molecule has 0 fully saturated rings. The molecule has 0 aliphatic rings. The second kappa shape index (κ2) is 5.55. The van der Waals surface area contributed by atoms with Crippen LogP contribution in [0.4, 0.5) is 5.82 Å². The predicted octanol–water partition coefficient (Wildman–Crippen LogP) is 0.00540. The summed E-state index contributed by atoms with van der Waals surface area (Å²) in [6.45, 7) is 4.50. The normalized spacial score (nSPS) is 10.0. The van der Waals surface area contributed by atoms with Gasteiger partial charge in [-0.25, -0.2) is 14.3 Å². The number of carbonyl (C=O) groups excluding carboxylic acids is 4. The molecule has 1 aromatic heterocycles. The summed E-state index contributed by atoms with van der Waals surface area (Å²) in [5.41, 5.74) is -1.13. The Morgan fingerprint density at radius 3 is 1.90 bits per heavy atom. The molecule has 0 bridgehead atoms. The minimum absolute atomic E-state index is 0.162. The van der Waals surface area contributed by atoms with Gasteiger partial charge in [-0.2, -0.15) is 4.98 Å². The lowest BCUT2D eigenvalue weighted by Gasteiger charge is -2.18. The summed E-state index contributed by atoms with van der Waals surface area (Å²) in [5, 5.41) is 0. The predicted molar refractivity (Wildman–Crippen MR) is 68.6 cm³/mol. The van der Waals surface area contributed by atoms with Crippen LogP contribution in [0, 0.1) is 0 Å². The molecule has 0 spiro atoms. The van der Waals surface area contributed by atoms with Crippen LogP contribution in [0.15, 0.2) is 11.0 Å². The summed E-state index contributed by atoms with van der Waals surface area (Å²) in [5.74, 6) is -2.90. The molecule has 1 aromatic rings. The fourth-order valence-corrected chi connectivity index (χ4v) is 1.61. The van der Waals surface area contributed by atoms with Crippen molar-refractivity contribution in [2.75, 3.05) is 4.90 Å². The molecule has 2 amide bonds. The van der Waals surface area contributed by atoms with Crippen molar-refractivity contribution >= 4 is 29.3 Å². The number of aromatic nitrogens is 2. The van der Waals surface area contributed by atoms with Crippen LogP contribution >= 0.6 is 0 Å². The lowest BCUT2D eigenvalue weighted by atomic mass is 10.2. The minimum Gasteiger partial charge on any atom is -0.294 e. The number of carbonyl (C=O) groups is 4. The average Bonchev–Trinajstić information content (AvgIpc) is 2.26. The van der Waals surface area contributed by atoms with E-state index in [2.05, 4.69) is 4.98 Å². The van der Waals surface area contributed by atoms with Gasteiger partial charge in [0.05, 0.1) is 5.56 Å². The second-order valence-corrected chi connectivity index (χ2v) is 4.08. The average molecular weight is 279 g/mol. The molecule has 0 atom stereocenters. The summed E-state index contributed by atoms with van der Waals surface area (Å²) in [6.07, 6.45) is 0.980. The van der Waals surface area contributed by atoms with E-state index in [0.29, 0.717) is 9.47 Å². The molecule has 0 saturated carbocycles. The quantitative estimate of drug-likeness (QED) is 0.705. The van der Waals surface area contributed by atoms with Crippen molar-refractivity contribution in [1.29, 1.82) is 0 Å². The van der Waals surface area contributed by atoms with Crippen LogP contribution in [0.5, 0.6) is 0 Å². The molecule has 0 saturated heterocycles. The van der Waals surface area contributed by atoms with Crippen molar-refractivity contribution in [3.05, 3.63) is 22.2 Å². The number of nitrogens with zero attached hydrogens (tertiary/aromatic N) is 3. The number of anilines is 1. The molecule has 0 radical (unpaired) electrons. The fourth-order valence-electron chi connectivity index (χ4n) is 1.61. The van der Waals surface area contributed by atoms with Crippen molar-refractivity contribution in [1.82, 2.24) is 9.55 Å². The van der Waals surface area contributed by atoms with Crippen LogP contribution in [0.1, 0.15) is 42.8 Å². The highest BCUT2D eigenvalue weighted by Crippen LogP contribution is 2.17. The molecule has 8 nitrogen and oxygen atoms in total. The van der Waals surface area contributed by atoms with Crippen LogP contribution in [0.2, 0.25) is 0 Å². The fraction of sp³-hybridized carbons (Fsp3) is 0.333. The Bertz CT molecular complexity index is 660. The van der Waals surface area contributed by atoms with E-state index < -0.39 is 29.2 Å². The van der Waals surface area contributed by atoms with Gasteiger partial charge in [0, 0.05) is 27.0 Å². The van der Waals surface area contributed by atoms with Gasteiger partial charge in [0.1, 0.15) is 0 Å². The molecule has 0 unspecified atom stereocenters. The second-order valence-electron chi connectivity index (χ2n) is 4.08. The first-order chi connectivity index (χ1) is 9.16. The molecular formula is C12H13N3O5. The summed E-state index contributed by atoms with van der Waals surface area (Å²) >= 11 is 0. The van der Waals surface area contributed by atoms with Crippen molar-refractivity contribution in [2.24, 2.45) is 0 Å². The van der Waals surface area contributed by atoms with E-state index in [9.17, 15) is 24.0 Å². The summed E-state index contributed by atoms with van der Waals surface area (Å²) in [7, 11) is 0. The van der Waals surface area contributed by atoms with Crippen molar-refractivity contribution in [2.45, 2.75) is 27.7 Å². The molecule has 1 heterocycles. The van der Waals surface area contributed by atoms with E-state index >= 15 is 0 Å². The monoisotopic (exact) mass is 279 g/mol. The lowest BCUT2D eigenvalue weighted by molar-refractivity contribution is -0.124. The van der Waals surface area contributed by atoms with E-state index in [1.54, 1.807) is 0 Å². The third kappa shape index (κ3) is 2.85. The van der Waals surface area contributed by atoms with E-state index in [-0.39, 0.29) is 11.4 Å². The zero-order chi connectivity index (χ0) is 15.6. The maximum absolute atomic E-state index is 11.7. The van der Waals surface area contributed by atoms with Crippen LogP contribution in [0.3, 0.4) is 0 Å². The van der Waals surface area contributed by atoms with Gasteiger partial charge < -0.3 is 0 Å². The highest BCUT2D eigenvalue weighted by Gasteiger charge is 2.25. The summed E-state index contributed by atoms with van der Waals surface area (Å²) in [4.78, 5) is 61.6. The van der Waals surface area contributed by atoms with Gasteiger partial charge in [-0.15, -0.1) is 0 Å². The Balaban J connectivity index is 3.70. The number of amides is 2. The molecule has 8 heteroatoms. The Kier molecular flexibility index (Phi) is 4.28. The van der Waals surface area contributed by atoms with Gasteiger partial charge in [0.2, 0.25) is 17.7 Å². The zero-order valence-electron chi connectivity index (χ0n) is 11.5. The smallest absolute Gasteiger partial charge is 0.294 e. The van der Waals surface area contributed by atoms with Crippen LogP contribution in [0.25, 0.3) is 0 Å². The third-order valence-electron chi connectivity index (χ3n) is 2.47. The highest BCUT2D eigenvalue weighted by molar-refractivity contribution is 6.15. The van der Waals surface area contributed by atoms with Gasteiger partial charge in [0.25, 0.3) is 0 Å². The number of imide groups is 1. The molecule has 20 heavy (non-hydrogen) atoms. The summed E-state index contributed by atoms with van der Waals surface area (Å²) < 4.78 is 0.638. The van der Waals surface area contributed by atoms with Gasteiger partial charge in [0.15, 0.2) is 11.6 Å². The van der Waals surface area contributed by atoms with Crippen LogP contribution in [-0.2, 0) is 9.59 Å². The number of rotatable bonds is 2. The molecule has 0 N–H and O–H groups in total. The number of ketones is 1. The Morgan fingerprint density at radius 2 is 1.55 bits per heavy atom. The standard InChI is InChI=1S/C12H13N3O5/c1-6(16)10-5-14(7(2)17)12(20)13-11(10)15(8(3)18)9(4)19/h5H,1-4H3. The largest absolute Gasteiger partial charge is 0.356 e. The molecule has 0 aliphatic carbocycles.